The van der Waals surface area contributed by atoms with Gasteiger partial charge < -0.3 is 9.64 Å². The fourth-order valence-corrected chi connectivity index (χ4v) is 2.74. The average molecular weight is 295 g/mol. The summed E-state index contributed by atoms with van der Waals surface area (Å²) in [5.74, 6) is 1.92. The van der Waals surface area contributed by atoms with E-state index in [1.165, 1.54) is 11.1 Å². The summed E-state index contributed by atoms with van der Waals surface area (Å²) in [6.07, 6.45) is 6.87. The molecule has 3 rings (SSSR count). The Morgan fingerprint density at radius 3 is 2.82 bits per heavy atom. The third-order valence-electron chi connectivity index (χ3n) is 3.81. The van der Waals surface area contributed by atoms with Gasteiger partial charge in [0.15, 0.2) is 0 Å². The van der Waals surface area contributed by atoms with Gasteiger partial charge in [0.2, 0.25) is 0 Å². The standard InChI is InChI=1S/C18H21N3O/c1-3-22-17-7-5-4-6-16(17)15-8-10-21(11-9-15)18-13-19-12-14(2)20-18/h4-8,12-13H,3,9-11H2,1-2H3. The third-order valence-corrected chi connectivity index (χ3v) is 3.81. The van der Waals surface area contributed by atoms with Crippen molar-refractivity contribution >= 4 is 11.4 Å². The molecule has 114 valence electrons. The second-order valence-electron chi connectivity index (χ2n) is 5.37. The highest BCUT2D eigenvalue weighted by molar-refractivity contribution is 5.72. The lowest BCUT2D eigenvalue weighted by Crippen LogP contribution is -2.29. The van der Waals surface area contributed by atoms with Crippen LogP contribution in [0.25, 0.3) is 5.57 Å². The molecular formula is C18H21N3O. The van der Waals surface area contributed by atoms with Gasteiger partial charge in [-0.3, -0.25) is 4.98 Å². The summed E-state index contributed by atoms with van der Waals surface area (Å²) in [5, 5.41) is 0. The predicted molar refractivity (Wildman–Crippen MR) is 89.2 cm³/mol. The van der Waals surface area contributed by atoms with Crippen LogP contribution in [0, 0.1) is 6.92 Å². The lowest BCUT2D eigenvalue weighted by molar-refractivity contribution is 0.339. The van der Waals surface area contributed by atoms with Gasteiger partial charge in [-0.25, -0.2) is 4.98 Å². The Bertz CT molecular complexity index is 682. The number of aryl methyl sites for hydroxylation is 1. The zero-order valence-corrected chi connectivity index (χ0v) is 13.1. The van der Waals surface area contributed by atoms with E-state index < -0.39 is 0 Å². The Morgan fingerprint density at radius 2 is 2.09 bits per heavy atom. The van der Waals surface area contributed by atoms with Crippen LogP contribution in [0.2, 0.25) is 0 Å². The summed E-state index contributed by atoms with van der Waals surface area (Å²) >= 11 is 0. The van der Waals surface area contributed by atoms with Crippen molar-refractivity contribution in [2.45, 2.75) is 20.3 Å². The van der Waals surface area contributed by atoms with Crippen LogP contribution in [0.5, 0.6) is 5.75 Å². The van der Waals surface area contributed by atoms with E-state index in [1.807, 2.05) is 32.2 Å². The molecule has 0 spiro atoms. The topological polar surface area (TPSA) is 38.2 Å². The highest BCUT2D eigenvalue weighted by atomic mass is 16.5. The zero-order valence-electron chi connectivity index (χ0n) is 13.1. The van der Waals surface area contributed by atoms with Gasteiger partial charge in [0.25, 0.3) is 0 Å². The maximum absolute atomic E-state index is 5.74. The largest absolute Gasteiger partial charge is 0.493 e. The minimum absolute atomic E-state index is 0.690. The Morgan fingerprint density at radius 1 is 1.23 bits per heavy atom. The minimum atomic E-state index is 0.690. The fourth-order valence-electron chi connectivity index (χ4n) is 2.74. The Kier molecular flexibility index (Phi) is 4.37. The lowest BCUT2D eigenvalue weighted by Gasteiger charge is -2.28. The maximum atomic E-state index is 5.74. The number of para-hydroxylation sites is 1. The van der Waals surface area contributed by atoms with Crippen LogP contribution in [-0.2, 0) is 0 Å². The summed E-state index contributed by atoms with van der Waals surface area (Å²) in [6, 6.07) is 8.26. The number of ether oxygens (including phenoxy) is 1. The van der Waals surface area contributed by atoms with Gasteiger partial charge in [-0.15, -0.1) is 0 Å². The summed E-state index contributed by atoms with van der Waals surface area (Å²) in [4.78, 5) is 11.0. The molecule has 4 heteroatoms. The lowest BCUT2D eigenvalue weighted by atomic mass is 9.98. The highest BCUT2D eigenvalue weighted by Gasteiger charge is 2.16. The minimum Gasteiger partial charge on any atom is -0.493 e. The van der Waals surface area contributed by atoms with Crippen molar-refractivity contribution in [3.63, 3.8) is 0 Å². The van der Waals surface area contributed by atoms with E-state index >= 15 is 0 Å². The fraction of sp³-hybridized carbons (Fsp3) is 0.333. The zero-order chi connectivity index (χ0) is 15.4. The molecule has 0 saturated carbocycles. The first-order valence-electron chi connectivity index (χ1n) is 7.72. The average Bonchev–Trinajstić information content (AvgIpc) is 2.56. The molecule has 0 N–H and O–H groups in total. The molecule has 4 nitrogen and oxygen atoms in total. The Hall–Kier alpha value is -2.36. The van der Waals surface area contributed by atoms with Crippen molar-refractivity contribution < 1.29 is 4.74 Å². The van der Waals surface area contributed by atoms with E-state index in [9.17, 15) is 0 Å². The van der Waals surface area contributed by atoms with Crippen molar-refractivity contribution in [1.29, 1.82) is 0 Å². The first-order chi connectivity index (χ1) is 10.8. The molecular weight excluding hydrogens is 274 g/mol. The van der Waals surface area contributed by atoms with Crippen molar-refractivity contribution in [2.24, 2.45) is 0 Å². The molecule has 1 aliphatic rings. The number of hydrogen-bond donors (Lipinski definition) is 0. The summed E-state index contributed by atoms with van der Waals surface area (Å²) in [5.41, 5.74) is 3.51. The number of benzene rings is 1. The van der Waals surface area contributed by atoms with Gasteiger partial charge in [0.05, 0.1) is 18.5 Å². The molecule has 22 heavy (non-hydrogen) atoms. The van der Waals surface area contributed by atoms with Crippen molar-refractivity contribution in [3.05, 3.63) is 54.0 Å². The van der Waals surface area contributed by atoms with E-state index in [1.54, 1.807) is 6.20 Å². The van der Waals surface area contributed by atoms with Gasteiger partial charge in [-0.1, -0.05) is 24.3 Å². The van der Waals surface area contributed by atoms with E-state index in [-0.39, 0.29) is 0 Å². The van der Waals surface area contributed by atoms with Gasteiger partial charge >= 0.3 is 0 Å². The maximum Gasteiger partial charge on any atom is 0.147 e. The Labute approximate surface area is 131 Å². The van der Waals surface area contributed by atoms with Crippen molar-refractivity contribution in [1.82, 2.24) is 9.97 Å². The van der Waals surface area contributed by atoms with Crippen molar-refractivity contribution in [3.8, 4) is 5.75 Å². The van der Waals surface area contributed by atoms with Crippen LogP contribution in [0.1, 0.15) is 24.6 Å². The van der Waals surface area contributed by atoms with Gasteiger partial charge in [0, 0.05) is 24.8 Å². The molecule has 1 aliphatic heterocycles. The molecule has 0 atom stereocenters. The van der Waals surface area contributed by atoms with Crippen molar-refractivity contribution in [2.75, 3.05) is 24.6 Å². The van der Waals surface area contributed by atoms with Gasteiger partial charge in [-0.05, 0) is 31.9 Å². The molecule has 0 aliphatic carbocycles. The number of aromatic nitrogens is 2. The molecule has 0 radical (unpaired) electrons. The van der Waals surface area contributed by atoms with E-state index in [2.05, 4.69) is 33.1 Å². The first-order valence-corrected chi connectivity index (χ1v) is 7.72. The van der Waals surface area contributed by atoms with Crippen LogP contribution in [0.3, 0.4) is 0 Å². The summed E-state index contributed by atoms with van der Waals surface area (Å²) < 4.78 is 5.74. The first kappa shape index (κ1) is 14.6. The second-order valence-corrected chi connectivity index (χ2v) is 5.37. The number of rotatable bonds is 4. The van der Waals surface area contributed by atoms with Crippen LogP contribution in [-0.4, -0.2) is 29.7 Å². The molecule has 1 aromatic carbocycles. The molecule has 0 fully saturated rings. The van der Waals surface area contributed by atoms with E-state index in [4.69, 9.17) is 4.74 Å². The van der Waals surface area contributed by atoms with E-state index in [0.29, 0.717) is 6.61 Å². The molecule has 0 saturated heterocycles. The molecule has 2 aromatic rings. The molecule has 2 heterocycles. The monoisotopic (exact) mass is 295 g/mol. The van der Waals surface area contributed by atoms with Crippen LogP contribution >= 0.6 is 0 Å². The smallest absolute Gasteiger partial charge is 0.147 e. The quantitative estimate of drug-likeness (QED) is 0.865. The number of nitrogens with zero attached hydrogens (tertiary/aromatic N) is 3. The van der Waals surface area contributed by atoms with Crippen LogP contribution < -0.4 is 9.64 Å². The van der Waals surface area contributed by atoms with Gasteiger partial charge in [0.1, 0.15) is 11.6 Å². The van der Waals surface area contributed by atoms with Crippen LogP contribution in [0.15, 0.2) is 42.7 Å². The normalized spacial score (nSPS) is 14.6. The third kappa shape index (κ3) is 3.11. The van der Waals surface area contributed by atoms with E-state index in [0.717, 1.165) is 36.8 Å². The summed E-state index contributed by atoms with van der Waals surface area (Å²) in [6.45, 7) is 6.48. The SMILES string of the molecule is CCOc1ccccc1C1=CCN(c2cncc(C)n2)CC1. The second kappa shape index (κ2) is 6.60. The molecule has 0 bridgehead atoms. The van der Waals surface area contributed by atoms with Gasteiger partial charge in [-0.2, -0.15) is 0 Å². The summed E-state index contributed by atoms with van der Waals surface area (Å²) in [7, 11) is 0. The molecule has 0 amide bonds. The Balaban J connectivity index is 1.79. The van der Waals surface area contributed by atoms with Crippen LogP contribution in [0.4, 0.5) is 5.82 Å². The number of hydrogen-bond acceptors (Lipinski definition) is 4. The predicted octanol–water partition coefficient (Wildman–Crippen LogP) is 3.48. The molecule has 1 aromatic heterocycles. The molecule has 0 unspecified atom stereocenters. The highest BCUT2D eigenvalue weighted by Crippen LogP contribution is 2.31. The number of anilines is 1.